The maximum Gasteiger partial charge on any atom is 0.333 e. The molecule has 2 heterocycles. The number of aliphatic hydroxyl groups excluding tert-OH is 1. The summed E-state index contributed by atoms with van der Waals surface area (Å²) >= 11 is 0. The first-order valence-electron chi connectivity index (χ1n) is 8.75. The monoisotopic (exact) mass is 362 g/mol. The Morgan fingerprint density at radius 2 is 1.81 bits per heavy atom. The van der Waals surface area contributed by atoms with E-state index < -0.39 is 11.9 Å². The summed E-state index contributed by atoms with van der Waals surface area (Å²) in [6.07, 6.45) is 1.04. The number of ether oxygens (including phenoxy) is 1. The molecule has 1 aromatic heterocycles. The highest BCUT2D eigenvalue weighted by Gasteiger charge is 2.40. The van der Waals surface area contributed by atoms with Gasteiger partial charge in [0.1, 0.15) is 12.0 Å². The Bertz CT molecular complexity index is 874. The topological polar surface area (TPSA) is 73.5 Å². The van der Waals surface area contributed by atoms with Crippen LogP contribution in [0.3, 0.4) is 0 Å². The number of hydrogen-bond acceptors (Lipinski definition) is 4. The summed E-state index contributed by atoms with van der Waals surface area (Å²) in [7, 11) is 0. The summed E-state index contributed by atoms with van der Waals surface area (Å²) in [5.74, 6) is -0.211. The molecule has 140 valence electrons. The van der Waals surface area contributed by atoms with Gasteiger partial charge < -0.3 is 9.84 Å². The number of rotatable bonds is 5. The lowest BCUT2D eigenvalue weighted by atomic mass is 9.93. The third kappa shape index (κ3) is 3.50. The van der Waals surface area contributed by atoms with Crippen molar-refractivity contribution in [2.24, 2.45) is 11.8 Å². The zero-order chi connectivity index (χ0) is 18.8. The second-order valence-electron chi connectivity index (χ2n) is 6.84. The average Bonchev–Trinajstić information content (AvgIpc) is 2.91. The van der Waals surface area contributed by atoms with Gasteiger partial charge in [-0.05, 0) is 30.0 Å². The molecule has 0 aliphatic carbocycles. The number of aromatic nitrogens is 2. The molecule has 1 aromatic carbocycles. The maximum absolute atomic E-state index is 13.0. The third-order valence-corrected chi connectivity index (χ3v) is 5.27. The number of halogens is 1. The second kappa shape index (κ2) is 7.55. The molecule has 0 spiro atoms. The summed E-state index contributed by atoms with van der Waals surface area (Å²) in [6, 6.07) is 7.33. The normalized spacial score (nSPS) is 25.5. The van der Waals surface area contributed by atoms with Crippen LogP contribution in [-0.2, 0) is 17.7 Å². The summed E-state index contributed by atoms with van der Waals surface area (Å²) in [6.45, 7) is 4.03. The van der Waals surface area contributed by atoms with E-state index in [0.29, 0.717) is 6.42 Å². The number of nitrogens with zero attached hydrogens (tertiary/aromatic N) is 2. The minimum atomic E-state index is -0.521. The fourth-order valence-corrected chi connectivity index (χ4v) is 3.38. The predicted octanol–water partition coefficient (Wildman–Crippen LogP) is 1.55. The van der Waals surface area contributed by atoms with Gasteiger partial charge in [0, 0.05) is 24.7 Å². The summed E-state index contributed by atoms with van der Waals surface area (Å²) in [5, 5.41) is 9.42. The number of aryl methyl sites for hydroxylation is 1. The van der Waals surface area contributed by atoms with Crippen LogP contribution in [0.1, 0.15) is 25.6 Å². The van der Waals surface area contributed by atoms with E-state index >= 15 is 0 Å². The minimum absolute atomic E-state index is 0.0212. The Balaban J connectivity index is 1.86. The lowest BCUT2D eigenvalue weighted by molar-refractivity contribution is -0.0381. The predicted molar refractivity (Wildman–Crippen MR) is 94.4 cm³/mol. The highest BCUT2D eigenvalue weighted by Crippen LogP contribution is 2.37. The van der Waals surface area contributed by atoms with Gasteiger partial charge in [0.15, 0.2) is 0 Å². The van der Waals surface area contributed by atoms with Crippen molar-refractivity contribution in [3.05, 3.63) is 68.7 Å². The minimum Gasteiger partial charge on any atom is -0.394 e. The molecule has 6 nitrogen and oxygen atoms in total. The molecule has 3 rings (SSSR count). The largest absolute Gasteiger partial charge is 0.394 e. The molecule has 0 amide bonds. The Hall–Kier alpha value is -2.25. The summed E-state index contributed by atoms with van der Waals surface area (Å²) in [5.41, 5.74) is 0.0144. The molecule has 1 fully saturated rings. The van der Waals surface area contributed by atoms with Crippen LogP contribution in [0.4, 0.5) is 4.39 Å². The Morgan fingerprint density at radius 1 is 1.12 bits per heavy atom. The Kier molecular flexibility index (Phi) is 5.38. The fourth-order valence-electron chi connectivity index (χ4n) is 3.38. The SMILES string of the molecule is CC1[C@@H](CO)O[C@@H](n2ccc(=O)n(CCc3ccc(F)cc3)c2=O)[C@H]1C. The fraction of sp³-hybridized carbons (Fsp3) is 0.474. The first-order chi connectivity index (χ1) is 12.4. The van der Waals surface area contributed by atoms with Crippen LogP contribution in [0.15, 0.2) is 46.1 Å². The Morgan fingerprint density at radius 3 is 2.42 bits per heavy atom. The Labute approximate surface area is 150 Å². The van der Waals surface area contributed by atoms with Crippen molar-refractivity contribution < 1.29 is 14.2 Å². The summed E-state index contributed by atoms with van der Waals surface area (Å²) in [4.78, 5) is 25.0. The zero-order valence-electron chi connectivity index (χ0n) is 14.8. The van der Waals surface area contributed by atoms with Crippen LogP contribution in [0.2, 0.25) is 0 Å². The highest BCUT2D eigenvalue weighted by atomic mass is 19.1. The molecule has 4 atom stereocenters. The van der Waals surface area contributed by atoms with E-state index in [-0.39, 0.29) is 42.5 Å². The van der Waals surface area contributed by atoms with Crippen molar-refractivity contribution in [2.45, 2.75) is 39.1 Å². The first-order valence-corrected chi connectivity index (χ1v) is 8.75. The molecule has 0 bridgehead atoms. The van der Waals surface area contributed by atoms with Crippen molar-refractivity contribution in [1.82, 2.24) is 9.13 Å². The molecule has 1 aliphatic rings. The van der Waals surface area contributed by atoms with E-state index in [2.05, 4.69) is 0 Å². The van der Waals surface area contributed by atoms with Gasteiger partial charge in [-0.3, -0.25) is 13.9 Å². The van der Waals surface area contributed by atoms with E-state index in [1.54, 1.807) is 12.1 Å². The zero-order valence-corrected chi connectivity index (χ0v) is 14.8. The van der Waals surface area contributed by atoms with Crippen LogP contribution in [0.25, 0.3) is 0 Å². The molecule has 7 heteroatoms. The molecule has 1 N–H and O–H groups in total. The van der Waals surface area contributed by atoms with Gasteiger partial charge in [0.05, 0.1) is 12.7 Å². The lowest BCUT2D eigenvalue weighted by Gasteiger charge is -2.20. The van der Waals surface area contributed by atoms with Crippen LogP contribution >= 0.6 is 0 Å². The van der Waals surface area contributed by atoms with Crippen molar-refractivity contribution in [3.8, 4) is 0 Å². The van der Waals surface area contributed by atoms with Gasteiger partial charge in [-0.2, -0.15) is 0 Å². The molecule has 1 saturated heterocycles. The van der Waals surface area contributed by atoms with Crippen molar-refractivity contribution in [3.63, 3.8) is 0 Å². The van der Waals surface area contributed by atoms with Gasteiger partial charge in [0.2, 0.25) is 0 Å². The number of hydrogen-bond donors (Lipinski definition) is 1. The van der Waals surface area contributed by atoms with E-state index in [1.807, 2.05) is 13.8 Å². The molecule has 1 unspecified atom stereocenters. The lowest BCUT2D eigenvalue weighted by Crippen LogP contribution is -2.41. The van der Waals surface area contributed by atoms with Gasteiger partial charge in [-0.25, -0.2) is 9.18 Å². The summed E-state index contributed by atoms with van der Waals surface area (Å²) < 4.78 is 21.4. The average molecular weight is 362 g/mol. The van der Waals surface area contributed by atoms with Crippen molar-refractivity contribution >= 4 is 0 Å². The van der Waals surface area contributed by atoms with Crippen LogP contribution < -0.4 is 11.2 Å². The van der Waals surface area contributed by atoms with E-state index in [9.17, 15) is 19.1 Å². The molecule has 0 radical (unpaired) electrons. The molecule has 2 aromatic rings. The van der Waals surface area contributed by atoms with Gasteiger partial charge >= 0.3 is 5.69 Å². The molecular weight excluding hydrogens is 339 g/mol. The number of aliphatic hydroxyl groups is 1. The molecule has 0 saturated carbocycles. The van der Waals surface area contributed by atoms with Crippen LogP contribution in [0.5, 0.6) is 0 Å². The van der Waals surface area contributed by atoms with Crippen LogP contribution in [-0.4, -0.2) is 27.0 Å². The quantitative estimate of drug-likeness (QED) is 0.876. The van der Waals surface area contributed by atoms with Gasteiger partial charge in [-0.1, -0.05) is 26.0 Å². The van der Waals surface area contributed by atoms with E-state index in [4.69, 9.17) is 4.74 Å². The second-order valence-corrected chi connectivity index (χ2v) is 6.84. The number of benzene rings is 1. The van der Waals surface area contributed by atoms with Crippen molar-refractivity contribution in [2.75, 3.05) is 6.61 Å². The van der Waals surface area contributed by atoms with E-state index in [0.717, 1.165) is 10.1 Å². The standard InChI is InChI=1S/C19H23FN2O4/c1-12-13(2)18(26-16(12)11-23)22-10-8-17(24)21(19(22)25)9-7-14-3-5-15(20)6-4-14/h3-6,8,10,12-13,16,18,23H,7,9,11H2,1-2H3/t12?,13-,16+,18+/m0/s1. The van der Waals surface area contributed by atoms with Crippen LogP contribution in [0, 0.1) is 17.7 Å². The smallest absolute Gasteiger partial charge is 0.333 e. The third-order valence-electron chi connectivity index (χ3n) is 5.27. The van der Waals surface area contributed by atoms with Crippen molar-refractivity contribution in [1.29, 1.82) is 0 Å². The van der Waals surface area contributed by atoms with Gasteiger partial charge in [-0.15, -0.1) is 0 Å². The molecule has 1 aliphatic heterocycles. The highest BCUT2D eigenvalue weighted by molar-refractivity contribution is 5.16. The maximum atomic E-state index is 13.0. The van der Waals surface area contributed by atoms with Gasteiger partial charge in [0.25, 0.3) is 5.56 Å². The van der Waals surface area contributed by atoms with E-state index in [1.165, 1.54) is 29.0 Å². The first kappa shape index (κ1) is 18.5. The molecular formula is C19H23FN2O4. The molecule has 26 heavy (non-hydrogen) atoms.